The van der Waals surface area contributed by atoms with Crippen LogP contribution >= 0.6 is 7.82 Å². The smallest absolute Gasteiger partial charge is 0.387 e. The molecular weight excluding hydrogens is 768 g/mol. The molecule has 0 aromatic rings. The van der Waals surface area contributed by atoms with Crippen LogP contribution in [0.15, 0.2) is 85.1 Å². The maximum absolute atomic E-state index is 12.9. The van der Waals surface area contributed by atoms with Crippen LogP contribution in [0.25, 0.3) is 0 Å². The minimum atomic E-state index is -4.35. The molecule has 0 aliphatic rings. The van der Waals surface area contributed by atoms with Crippen molar-refractivity contribution in [3.8, 4) is 0 Å². The van der Waals surface area contributed by atoms with Crippen molar-refractivity contribution in [1.82, 2.24) is 5.32 Å². The van der Waals surface area contributed by atoms with Crippen molar-refractivity contribution < 1.29 is 32.9 Å². The predicted molar refractivity (Wildman–Crippen MR) is 258 cm³/mol. The molecule has 0 aliphatic carbocycles. The van der Waals surface area contributed by atoms with Crippen LogP contribution in [0.3, 0.4) is 0 Å². The van der Waals surface area contributed by atoms with Gasteiger partial charge in [-0.05, 0) is 70.6 Å². The van der Waals surface area contributed by atoms with Crippen LogP contribution in [-0.4, -0.2) is 73.4 Å². The van der Waals surface area contributed by atoms with Gasteiger partial charge in [-0.1, -0.05) is 189 Å². The molecule has 3 atom stereocenters. The SMILES string of the molecule is CC/C=C\C/C=C\C/C=C\C/C=C\C/C=C\C/C=C\CCCCCCCCC(=O)NC(COP(=O)(O)OCC[N+](C)(C)C)C(O)/C=C/CCCCCCCCCCCCC. The second kappa shape index (κ2) is 42.0. The lowest BCUT2D eigenvalue weighted by Crippen LogP contribution is -2.45. The van der Waals surface area contributed by atoms with Crippen LogP contribution in [0.4, 0.5) is 0 Å². The molecule has 3 unspecified atom stereocenters. The topological polar surface area (TPSA) is 105 Å². The zero-order valence-electron chi connectivity index (χ0n) is 39.2. The molecule has 0 rings (SSSR count). The normalized spacial score (nSPS) is 15.0. The number of likely N-dealkylation sites (N-methyl/N-ethyl adjacent to an activating group) is 1. The Hall–Kier alpha value is -2.32. The summed E-state index contributed by atoms with van der Waals surface area (Å²) in [4.78, 5) is 23.2. The zero-order chi connectivity index (χ0) is 44.3. The molecule has 0 aliphatic heterocycles. The monoisotopic (exact) mass is 860 g/mol. The average molecular weight is 860 g/mol. The number of aliphatic hydroxyl groups excluding tert-OH is 1. The standard InChI is InChI=1S/C51H91N2O6P/c1-6-8-10-12-14-16-18-20-21-22-23-24-25-26-27-28-29-30-31-33-35-37-39-41-43-45-51(55)52-49(48-59-60(56,57)58-47-46-53(3,4)5)50(54)44-42-40-38-36-34-32-19-17-15-13-11-9-7-2/h8,10,14,16,20-21,23-24,26-27,29-30,42,44,49-50,54H,6-7,9,11-13,15,17-19,22,25,28,31-41,43,45-48H2,1-5H3,(H-,52,55,56,57)/p+1/b10-8-,16-14-,21-20-,24-23-,27-26-,30-29-,44-42+. The largest absolute Gasteiger partial charge is 0.472 e. The van der Waals surface area contributed by atoms with Gasteiger partial charge in [0.15, 0.2) is 0 Å². The number of rotatable bonds is 42. The molecule has 0 heterocycles. The zero-order valence-corrected chi connectivity index (χ0v) is 40.1. The van der Waals surface area contributed by atoms with Gasteiger partial charge >= 0.3 is 7.82 Å². The summed E-state index contributed by atoms with van der Waals surface area (Å²) in [6, 6.07) is -0.859. The summed E-state index contributed by atoms with van der Waals surface area (Å²) in [6.45, 7) is 4.66. The van der Waals surface area contributed by atoms with Crippen molar-refractivity contribution in [2.75, 3.05) is 40.9 Å². The lowest BCUT2D eigenvalue weighted by molar-refractivity contribution is -0.870. The summed E-state index contributed by atoms with van der Waals surface area (Å²) in [5.41, 5.74) is 0. The van der Waals surface area contributed by atoms with Gasteiger partial charge in [0.2, 0.25) is 5.91 Å². The van der Waals surface area contributed by atoms with E-state index in [1.807, 2.05) is 27.2 Å². The van der Waals surface area contributed by atoms with E-state index in [0.29, 0.717) is 17.4 Å². The highest BCUT2D eigenvalue weighted by Crippen LogP contribution is 2.43. The summed E-state index contributed by atoms with van der Waals surface area (Å²) in [5.74, 6) is -0.196. The van der Waals surface area contributed by atoms with Crippen LogP contribution in [0.5, 0.6) is 0 Å². The van der Waals surface area contributed by atoms with Gasteiger partial charge < -0.3 is 19.8 Å². The molecule has 0 radical (unpaired) electrons. The van der Waals surface area contributed by atoms with E-state index >= 15 is 0 Å². The molecule has 0 saturated carbocycles. The number of nitrogens with zero attached hydrogens (tertiary/aromatic N) is 1. The van der Waals surface area contributed by atoms with Crippen molar-refractivity contribution in [3.63, 3.8) is 0 Å². The van der Waals surface area contributed by atoms with Gasteiger partial charge in [0.1, 0.15) is 13.2 Å². The summed E-state index contributed by atoms with van der Waals surface area (Å²) in [6.07, 6.45) is 57.9. The van der Waals surface area contributed by atoms with E-state index in [2.05, 4.69) is 92.1 Å². The molecule has 346 valence electrons. The molecular formula is C51H92N2O6P+. The van der Waals surface area contributed by atoms with Gasteiger partial charge in [-0.2, -0.15) is 0 Å². The van der Waals surface area contributed by atoms with Crippen molar-refractivity contribution >= 4 is 13.7 Å². The van der Waals surface area contributed by atoms with E-state index in [0.717, 1.165) is 89.9 Å². The van der Waals surface area contributed by atoms with Gasteiger partial charge in [-0.15, -0.1) is 0 Å². The highest BCUT2D eigenvalue weighted by Gasteiger charge is 2.27. The number of unbranched alkanes of at least 4 members (excludes halogenated alkanes) is 17. The maximum Gasteiger partial charge on any atom is 0.472 e. The first-order valence-corrected chi connectivity index (χ1v) is 25.5. The van der Waals surface area contributed by atoms with Gasteiger partial charge in [0.05, 0.1) is 39.9 Å². The maximum atomic E-state index is 12.9. The van der Waals surface area contributed by atoms with Gasteiger partial charge in [0, 0.05) is 6.42 Å². The van der Waals surface area contributed by atoms with Crippen molar-refractivity contribution in [2.45, 2.75) is 193 Å². The van der Waals surface area contributed by atoms with E-state index in [1.54, 1.807) is 6.08 Å². The van der Waals surface area contributed by atoms with Crippen molar-refractivity contribution in [3.05, 3.63) is 85.1 Å². The minimum Gasteiger partial charge on any atom is -0.387 e. The van der Waals surface area contributed by atoms with Crippen LogP contribution in [-0.2, 0) is 18.4 Å². The second-order valence-corrected chi connectivity index (χ2v) is 18.6. The quantitative estimate of drug-likeness (QED) is 0.0244. The van der Waals surface area contributed by atoms with E-state index in [-0.39, 0.29) is 19.1 Å². The number of nitrogens with one attached hydrogen (secondary N) is 1. The number of allylic oxidation sites excluding steroid dienone is 13. The van der Waals surface area contributed by atoms with Gasteiger partial charge in [-0.25, -0.2) is 4.57 Å². The van der Waals surface area contributed by atoms with Crippen LogP contribution in [0, 0.1) is 0 Å². The van der Waals surface area contributed by atoms with Gasteiger partial charge in [-0.3, -0.25) is 13.8 Å². The van der Waals surface area contributed by atoms with Crippen LogP contribution < -0.4 is 5.32 Å². The highest BCUT2D eigenvalue weighted by atomic mass is 31.2. The molecule has 60 heavy (non-hydrogen) atoms. The fourth-order valence-corrected chi connectivity index (χ4v) is 7.07. The molecule has 0 aromatic heterocycles. The highest BCUT2D eigenvalue weighted by molar-refractivity contribution is 7.47. The Morgan fingerprint density at radius 2 is 1.00 bits per heavy atom. The Morgan fingerprint density at radius 1 is 0.583 bits per heavy atom. The van der Waals surface area contributed by atoms with Crippen molar-refractivity contribution in [2.24, 2.45) is 0 Å². The fraction of sp³-hybridized carbons (Fsp3) is 0.706. The first kappa shape index (κ1) is 57.7. The Morgan fingerprint density at radius 3 is 1.47 bits per heavy atom. The average Bonchev–Trinajstić information content (AvgIpc) is 3.20. The third-order valence-corrected chi connectivity index (χ3v) is 11.1. The molecule has 8 nitrogen and oxygen atoms in total. The Balaban J connectivity index is 4.36. The molecule has 3 N–H and O–H groups in total. The Bertz CT molecular complexity index is 1250. The number of phosphoric acid groups is 1. The lowest BCUT2D eigenvalue weighted by atomic mass is 10.0. The Labute approximate surface area is 369 Å². The molecule has 9 heteroatoms. The number of amides is 1. The number of quaternary nitrogens is 1. The molecule has 0 saturated heterocycles. The van der Waals surface area contributed by atoms with Crippen LogP contribution in [0.1, 0.15) is 181 Å². The van der Waals surface area contributed by atoms with Gasteiger partial charge in [0.25, 0.3) is 0 Å². The first-order valence-electron chi connectivity index (χ1n) is 24.0. The minimum absolute atomic E-state index is 0.0538. The molecule has 1 amide bonds. The Kier molecular flexibility index (Phi) is 40.4. The lowest BCUT2D eigenvalue weighted by Gasteiger charge is -2.25. The summed E-state index contributed by atoms with van der Waals surface area (Å²) in [7, 11) is 1.55. The second-order valence-electron chi connectivity index (χ2n) is 17.1. The molecule has 0 fully saturated rings. The summed E-state index contributed by atoms with van der Waals surface area (Å²) in [5, 5.41) is 13.8. The third-order valence-electron chi connectivity index (χ3n) is 10.1. The number of hydrogen-bond donors (Lipinski definition) is 3. The number of carbonyl (C=O) groups excluding carboxylic acids is 1. The van der Waals surface area contributed by atoms with E-state index < -0.39 is 20.0 Å². The van der Waals surface area contributed by atoms with Crippen molar-refractivity contribution in [1.29, 1.82) is 0 Å². The molecule has 0 spiro atoms. The van der Waals surface area contributed by atoms with Crippen LogP contribution in [0.2, 0.25) is 0 Å². The number of carbonyl (C=O) groups is 1. The van der Waals surface area contributed by atoms with E-state index in [9.17, 15) is 19.4 Å². The first-order chi connectivity index (χ1) is 29.0. The third kappa shape index (κ3) is 43.8. The fourth-order valence-electron chi connectivity index (χ4n) is 6.34. The molecule has 0 bridgehead atoms. The van der Waals surface area contributed by atoms with E-state index in [1.165, 1.54) is 70.6 Å². The summed E-state index contributed by atoms with van der Waals surface area (Å²) < 4.78 is 23.6. The number of hydrogen-bond acceptors (Lipinski definition) is 5. The number of phosphoric ester groups is 1. The number of aliphatic hydroxyl groups is 1. The molecule has 0 aromatic carbocycles. The van der Waals surface area contributed by atoms with E-state index in [4.69, 9.17) is 9.05 Å². The predicted octanol–water partition coefficient (Wildman–Crippen LogP) is 13.7. The summed E-state index contributed by atoms with van der Waals surface area (Å²) >= 11 is 0.